The largest absolute Gasteiger partial charge is 1.00 e. The van der Waals surface area contributed by atoms with E-state index in [-0.39, 0.29) is 68.6 Å². The number of ether oxygens (including phenoxy) is 2. The van der Waals surface area contributed by atoms with Gasteiger partial charge in [-0.1, -0.05) is 64.7 Å². The summed E-state index contributed by atoms with van der Waals surface area (Å²) in [5, 5.41) is 25.4. The third-order valence-electron chi connectivity index (χ3n) is 5.23. The average Bonchev–Trinajstić information content (AvgIpc) is 2.74. The molecule has 0 aromatic heterocycles. The molecule has 4 N–H and O–H groups in total. The molecule has 0 rings (SSSR count). The molecular formula is C22H38Na2O13S. The molecule has 0 amide bonds. The minimum atomic E-state index is -5.27. The van der Waals surface area contributed by atoms with E-state index in [4.69, 9.17) is 14.4 Å². The zero-order valence-corrected chi connectivity index (χ0v) is 27.2. The van der Waals surface area contributed by atoms with Crippen molar-refractivity contribution in [1.82, 2.24) is 0 Å². The van der Waals surface area contributed by atoms with E-state index >= 15 is 0 Å². The smallest absolute Gasteiger partial charge is 1.00 e. The van der Waals surface area contributed by atoms with Gasteiger partial charge in [0.15, 0.2) is 10.9 Å². The number of carbonyl (C=O) groups excluding carboxylic acids is 3. The number of hydrogen-bond donors (Lipinski definition) is 4. The first kappa shape index (κ1) is 41.9. The van der Waals surface area contributed by atoms with Crippen LogP contribution in [0.5, 0.6) is 0 Å². The van der Waals surface area contributed by atoms with Gasteiger partial charge in [0.1, 0.15) is 0 Å². The van der Waals surface area contributed by atoms with Gasteiger partial charge in [0.25, 0.3) is 10.1 Å². The SMILES string of the molecule is CCCCCCCCCCCCOC(=O)CC(O)(CC(=O)OC(=O)C(CC(=O)O)S(=O)(=O)O)C(=O)O.[H-].[H-].[Na+].[Na+]. The van der Waals surface area contributed by atoms with Crippen molar-refractivity contribution in [2.75, 3.05) is 6.61 Å². The second kappa shape index (κ2) is 22.1. The molecule has 0 saturated carbocycles. The Balaban J connectivity index is -0.00000102. The van der Waals surface area contributed by atoms with E-state index in [0.29, 0.717) is 6.42 Å². The molecule has 0 spiro atoms. The monoisotopic (exact) mass is 588 g/mol. The Morgan fingerprint density at radius 1 is 0.816 bits per heavy atom. The Morgan fingerprint density at radius 2 is 1.26 bits per heavy atom. The zero-order valence-electron chi connectivity index (χ0n) is 24.3. The molecular weight excluding hydrogens is 550 g/mol. The summed E-state index contributed by atoms with van der Waals surface area (Å²) in [5.74, 6) is -8.70. The Hall–Kier alpha value is -0.580. The van der Waals surface area contributed by atoms with Crippen molar-refractivity contribution < 1.29 is 124 Å². The van der Waals surface area contributed by atoms with Crippen LogP contribution < -0.4 is 59.1 Å². The van der Waals surface area contributed by atoms with Crippen LogP contribution in [0.15, 0.2) is 0 Å². The number of carbonyl (C=O) groups is 5. The molecule has 0 aromatic carbocycles. The third-order valence-corrected chi connectivity index (χ3v) is 6.31. The maximum Gasteiger partial charge on any atom is 1.00 e. The summed E-state index contributed by atoms with van der Waals surface area (Å²) in [6.07, 6.45) is 6.41. The van der Waals surface area contributed by atoms with Crippen molar-refractivity contribution in [1.29, 1.82) is 0 Å². The summed E-state index contributed by atoms with van der Waals surface area (Å²) >= 11 is 0. The van der Waals surface area contributed by atoms with Crippen molar-refractivity contribution in [2.24, 2.45) is 0 Å². The predicted octanol–water partition coefficient (Wildman–Crippen LogP) is -3.92. The number of hydrogen-bond acceptors (Lipinski definition) is 10. The number of rotatable bonds is 20. The quantitative estimate of drug-likeness (QED) is 0.0352. The van der Waals surface area contributed by atoms with Crippen LogP contribution in [0.25, 0.3) is 0 Å². The van der Waals surface area contributed by atoms with E-state index in [1.165, 1.54) is 32.1 Å². The fraction of sp³-hybridized carbons (Fsp3) is 0.773. The second-order valence-corrected chi connectivity index (χ2v) is 10.1. The van der Waals surface area contributed by atoms with Crippen LogP contribution >= 0.6 is 0 Å². The minimum Gasteiger partial charge on any atom is -1.00 e. The van der Waals surface area contributed by atoms with Gasteiger partial charge in [0, 0.05) is 0 Å². The number of carboxylic acid groups (broad SMARTS) is 2. The number of unbranched alkanes of at least 4 members (excludes halogenated alkanes) is 9. The van der Waals surface area contributed by atoms with Gasteiger partial charge < -0.3 is 27.6 Å². The molecule has 0 aliphatic rings. The topological polar surface area (TPSA) is 219 Å². The molecule has 0 bridgehead atoms. The van der Waals surface area contributed by atoms with E-state index in [9.17, 15) is 42.6 Å². The van der Waals surface area contributed by atoms with Crippen LogP contribution in [0.3, 0.4) is 0 Å². The summed E-state index contributed by atoms with van der Waals surface area (Å²) in [4.78, 5) is 57.7. The first-order chi connectivity index (χ1) is 16.7. The Labute approximate surface area is 269 Å². The number of aliphatic carboxylic acids is 2. The van der Waals surface area contributed by atoms with Crippen LogP contribution in [-0.4, -0.2) is 75.6 Å². The van der Waals surface area contributed by atoms with Gasteiger partial charge >= 0.3 is 89.0 Å². The molecule has 16 heteroatoms. The Kier molecular flexibility index (Phi) is 24.4. The van der Waals surface area contributed by atoms with Gasteiger partial charge in [-0.25, -0.2) is 4.79 Å². The molecule has 0 saturated heterocycles. The van der Waals surface area contributed by atoms with Gasteiger partial charge in [-0.15, -0.1) is 0 Å². The van der Waals surface area contributed by atoms with Crippen molar-refractivity contribution in [3.8, 4) is 0 Å². The van der Waals surface area contributed by atoms with E-state index in [1.807, 2.05) is 0 Å². The number of aliphatic hydroxyl groups is 1. The van der Waals surface area contributed by atoms with Gasteiger partial charge in [0.2, 0.25) is 0 Å². The van der Waals surface area contributed by atoms with Crippen molar-refractivity contribution in [3.63, 3.8) is 0 Å². The van der Waals surface area contributed by atoms with Crippen LogP contribution in [0.1, 0.15) is 93.2 Å². The standard InChI is InChI=1S/C22H36O13S.2Na.2H/c1-2-3-4-5-6-7-8-9-10-11-12-34-18(25)14-22(30,21(28)29)15-19(26)35-20(27)16(13-17(23)24)36(31,32)33;;;;/h16,30H,2-15H2,1H3,(H,23,24)(H,28,29)(H,31,32,33);;;;/q;2*+1;2*-1. The Morgan fingerprint density at radius 3 is 1.68 bits per heavy atom. The van der Waals surface area contributed by atoms with Crippen LogP contribution in [0, 0.1) is 0 Å². The maximum atomic E-state index is 11.9. The molecule has 2 unspecified atom stereocenters. The fourth-order valence-electron chi connectivity index (χ4n) is 3.20. The van der Waals surface area contributed by atoms with Crippen molar-refractivity contribution >= 4 is 40.0 Å². The summed E-state index contributed by atoms with van der Waals surface area (Å²) < 4.78 is 40.2. The van der Waals surface area contributed by atoms with E-state index in [2.05, 4.69) is 11.7 Å². The predicted molar refractivity (Wildman–Crippen MR) is 126 cm³/mol. The van der Waals surface area contributed by atoms with Crippen LogP contribution in [0.4, 0.5) is 0 Å². The molecule has 0 aliphatic heterocycles. The molecule has 0 aromatic rings. The molecule has 38 heavy (non-hydrogen) atoms. The molecule has 0 fully saturated rings. The summed E-state index contributed by atoms with van der Waals surface area (Å²) in [6.45, 7) is 2.13. The van der Waals surface area contributed by atoms with Gasteiger partial charge in [-0.2, -0.15) is 8.42 Å². The maximum absolute atomic E-state index is 11.9. The van der Waals surface area contributed by atoms with Crippen molar-refractivity contribution in [2.45, 2.75) is 101 Å². The minimum absolute atomic E-state index is 0. The third kappa shape index (κ3) is 19.5. The van der Waals surface area contributed by atoms with Crippen LogP contribution in [0.2, 0.25) is 0 Å². The zero-order chi connectivity index (χ0) is 27.8. The van der Waals surface area contributed by atoms with E-state index < -0.39 is 70.1 Å². The average molecular weight is 589 g/mol. The fourth-order valence-corrected chi connectivity index (χ4v) is 3.85. The van der Waals surface area contributed by atoms with E-state index in [1.54, 1.807) is 0 Å². The molecule has 0 heterocycles. The molecule has 0 radical (unpaired) electrons. The summed E-state index contributed by atoms with van der Waals surface area (Å²) in [7, 11) is -5.27. The number of carboxylic acids is 2. The Bertz CT molecular complexity index is 875. The van der Waals surface area contributed by atoms with Crippen molar-refractivity contribution in [3.05, 3.63) is 0 Å². The van der Waals surface area contributed by atoms with Gasteiger partial charge in [0.05, 0.1) is 25.9 Å². The molecule has 212 valence electrons. The molecule has 0 aliphatic carbocycles. The number of esters is 3. The summed E-state index contributed by atoms with van der Waals surface area (Å²) in [5.41, 5.74) is -3.04. The first-order valence-electron chi connectivity index (χ1n) is 11.8. The van der Waals surface area contributed by atoms with E-state index in [0.717, 1.165) is 25.7 Å². The van der Waals surface area contributed by atoms with Crippen LogP contribution in [-0.2, 0) is 43.6 Å². The van der Waals surface area contributed by atoms with Gasteiger partial charge in [-0.3, -0.25) is 23.7 Å². The first-order valence-corrected chi connectivity index (χ1v) is 13.3. The summed E-state index contributed by atoms with van der Waals surface area (Å²) in [6, 6.07) is 0. The van der Waals surface area contributed by atoms with Gasteiger partial charge in [-0.05, 0) is 6.42 Å². The molecule has 2 atom stereocenters. The molecule has 13 nitrogen and oxygen atoms in total. The normalized spacial score (nSPS) is 13.1. The second-order valence-electron chi connectivity index (χ2n) is 8.49.